The predicted molar refractivity (Wildman–Crippen MR) is 76.1 cm³/mol. The highest BCUT2D eigenvalue weighted by Crippen LogP contribution is 2.15. The molecule has 0 aliphatic heterocycles. The molecule has 0 saturated carbocycles. The lowest BCUT2D eigenvalue weighted by atomic mass is 10.4. The maximum absolute atomic E-state index is 12.1. The number of oxazole rings is 1. The Kier molecular flexibility index (Phi) is 4.81. The highest BCUT2D eigenvalue weighted by atomic mass is 32.2. The van der Waals surface area contributed by atoms with E-state index in [4.69, 9.17) is 8.83 Å². The summed E-state index contributed by atoms with van der Waals surface area (Å²) in [6.45, 7) is 6.80. The van der Waals surface area contributed by atoms with E-state index in [-0.39, 0.29) is 11.6 Å². The number of hydrogen-bond acceptors (Lipinski definition) is 6. The summed E-state index contributed by atoms with van der Waals surface area (Å²) in [7, 11) is -3.71. The summed E-state index contributed by atoms with van der Waals surface area (Å²) in [5.41, 5.74) is 0.745. The average Bonchev–Trinajstić information content (AvgIpc) is 3.03. The zero-order valence-electron chi connectivity index (χ0n) is 12.3. The molecule has 0 aliphatic rings. The number of nitrogens with zero attached hydrogens (tertiary/aromatic N) is 1. The normalized spacial score (nSPS) is 12.0. The Hall–Kier alpha value is -1.64. The van der Waals surface area contributed by atoms with Gasteiger partial charge in [0.15, 0.2) is 0 Å². The first-order valence-electron chi connectivity index (χ1n) is 6.64. The SMILES string of the molecule is CCNCc1ccc(S(=O)(=O)NCc2nc(C)c(C)o2)o1. The number of furan rings is 1. The van der Waals surface area contributed by atoms with Gasteiger partial charge in [-0.2, -0.15) is 4.72 Å². The van der Waals surface area contributed by atoms with E-state index >= 15 is 0 Å². The lowest BCUT2D eigenvalue weighted by Gasteiger charge is -2.02. The minimum atomic E-state index is -3.71. The van der Waals surface area contributed by atoms with Crippen LogP contribution in [0.3, 0.4) is 0 Å². The van der Waals surface area contributed by atoms with Gasteiger partial charge in [0.2, 0.25) is 11.0 Å². The lowest BCUT2D eigenvalue weighted by Crippen LogP contribution is -2.23. The summed E-state index contributed by atoms with van der Waals surface area (Å²) < 4.78 is 37.2. The van der Waals surface area contributed by atoms with E-state index < -0.39 is 10.0 Å². The van der Waals surface area contributed by atoms with Crippen LogP contribution in [0, 0.1) is 13.8 Å². The van der Waals surface area contributed by atoms with Gasteiger partial charge >= 0.3 is 0 Å². The Bertz CT molecular complexity index is 683. The third-order valence-electron chi connectivity index (χ3n) is 2.94. The van der Waals surface area contributed by atoms with Crippen molar-refractivity contribution in [3.8, 4) is 0 Å². The molecule has 0 aliphatic carbocycles. The predicted octanol–water partition coefficient (Wildman–Crippen LogP) is 1.47. The highest BCUT2D eigenvalue weighted by Gasteiger charge is 2.19. The third-order valence-corrected chi connectivity index (χ3v) is 4.21. The van der Waals surface area contributed by atoms with Crippen molar-refractivity contribution in [2.24, 2.45) is 0 Å². The number of aromatic nitrogens is 1. The number of aryl methyl sites for hydroxylation is 2. The van der Waals surface area contributed by atoms with Crippen LogP contribution in [0.4, 0.5) is 0 Å². The van der Waals surface area contributed by atoms with Crippen LogP contribution in [0.2, 0.25) is 0 Å². The van der Waals surface area contributed by atoms with Gasteiger partial charge < -0.3 is 14.2 Å². The fourth-order valence-corrected chi connectivity index (χ4v) is 2.61. The lowest BCUT2D eigenvalue weighted by molar-refractivity contribution is 0.399. The first kappa shape index (κ1) is 15.7. The Morgan fingerprint density at radius 1 is 1.19 bits per heavy atom. The van der Waals surface area contributed by atoms with E-state index in [1.54, 1.807) is 19.9 Å². The van der Waals surface area contributed by atoms with E-state index in [9.17, 15) is 8.42 Å². The molecule has 0 spiro atoms. The van der Waals surface area contributed by atoms with Gasteiger partial charge in [0.1, 0.15) is 11.5 Å². The van der Waals surface area contributed by atoms with Gasteiger partial charge in [-0.05, 0) is 32.5 Å². The van der Waals surface area contributed by atoms with Gasteiger partial charge in [0, 0.05) is 0 Å². The van der Waals surface area contributed by atoms with E-state index in [2.05, 4.69) is 15.0 Å². The standard InChI is InChI=1S/C13H19N3O4S/c1-4-14-7-11-5-6-13(20-11)21(17,18)15-8-12-16-9(2)10(3)19-12/h5-6,14-15H,4,7-8H2,1-3H3. The van der Waals surface area contributed by atoms with Gasteiger partial charge in [-0.25, -0.2) is 13.4 Å². The van der Waals surface area contributed by atoms with E-state index in [1.807, 2.05) is 6.92 Å². The number of sulfonamides is 1. The Morgan fingerprint density at radius 3 is 2.57 bits per heavy atom. The molecule has 21 heavy (non-hydrogen) atoms. The van der Waals surface area contributed by atoms with Crippen LogP contribution >= 0.6 is 0 Å². The minimum Gasteiger partial charge on any atom is -0.447 e. The minimum absolute atomic E-state index is 0.0136. The summed E-state index contributed by atoms with van der Waals surface area (Å²) in [6.07, 6.45) is 0. The topological polar surface area (TPSA) is 97.4 Å². The molecule has 0 bridgehead atoms. The molecular weight excluding hydrogens is 294 g/mol. The van der Waals surface area contributed by atoms with Gasteiger partial charge in [-0.15, -0.1) is 0 Å². The molecule has 0 radical (unpaired) electrons. The van der Waals surface area contributed by atoms with Crippen LogP contribution in [-0.4, -0.2) is 19.9 Å². The molecule has 2 rings (SSSR count). The van der Waals surface area contributed by atoms with Crippen LogP contribution in [0.5, 0.6) is 0 Å². The fourth-order valence-electron chi connectivity index (χ4n) is 1.69. The average molecular weight is 313 g/mol. The van der Waals surface area contributed by atoms with Crippen molar-refractivity contribution in [3.63, 3.8) is 0 Å². The van der Waals surface area contributed by atoms with Gasteiger partial charge in [-0.1, -0.05) is 6.92 Å². The van der Waals surface area contributed by atoms with Crippen LogP contribution in [-0.2, 0) is 23.1 Å². The molecule has 2 aromatic rings. The zero-order valence-corrected chi connectivity index (χ0v) is 13.1. The molecule has 0 aromatic carbocycles. The highest BCUT2D eigenvalue weighted by molar-refractivity contribution is 7.89. The number of hydrogen-bond donors (Lipinski definition) is 2. The van der Waals surface area contributed by atoms with E-state index in [0.29, 0.717) is 24.0 Å². The maximum Gasteiger partial charge on any atom is 0.274 e. The van der Waals surface area contributed by atoms with Crippen molar-refractivity contribution in [1.29, 1.82) is 0 Å². The van der Waals surface area contributed by atoms with Crippen molar-refractivity contribution in [2.45, 2.75) is 39.0 Å². The number of nitrogens with one attached hydrogen (secondary N) is 2. The summed E-state index contributed by atoms with van der Waals surface area (Å²) in [4.78, 5) is 4.12. The second-order valence-corrected chi connectivity index (χ2v) is 6.27. The Balaban J connectivity index is 2.02. The Labute approximate surface area is 123 Å². The molecule has 8 heteroatoms. The summed E-state index contributed by atoms with van der Waals surface area (Å²) in [6, 6.07) is 3.07. The van der Waals surface area contributed by atoms with Crippen LogP contribution in [0.25, 0.3) is 0 Å². The Morgan fingerprint density at radius 2 is 1.95 bits per heavy atom. The second-order valence-electron chi connectivity index (χ2n) is 4.57. The smallest absolute Gasteiger partial charge is 0.274 e. The summed E-state index contributed by atoms with van der Waals surface area (Å²) in [5, 5.41) is 2.95. The molecule has 0 amide bonds. The molecule has 0 fully saturated rings. The van der Waals surface area contributed by atoms with Gasteiger partial charge in [0.05, 0.1) is 18.8 Å². The first-order valence-corrected chi connectivity index (χ1v) is 8.12. The monoisotopic (exact) mass is 313 g/mol. The summed E-state index contributed by atoms with van der Waals surface area (Å²) in [5.74, 6) is 1.57. The van der Waals surface area contributed by atoms with Gasteiger partial charge in [0.25, 0.3) is 10.0 Å². The number of rotatable bonds is 7. The molecule has 2 N–H and O–H groups in total. The van der Waals surface area contributed by atoms with Crippen molar-refractivity contribution < 1.29 is 17.3 Å². The molecule has 7 nitrogen and oxygen atoms in total. The zero-order chi connectivity index (χ0) is 15.5. The van der Waals surface area contributed by atoms with E-state index in [1.165, 1.54) is 6.07 Å². The van der Waals surface area contributed by atoms with Crippen molar-refractivity contribution in [2.75, 3.05) is 6.54 Å². The molecule has 0 unspecified atom stereocenters. The van der Waals surface area contributed by atoms with Crippen LogP contribution in [0.15, 0.2) is 26.1 Å². The fraction of sp³-hybridized carbons (Fsp3) is 0.462. The largest absolute Gasteiger partial charge is 0.447 e. The van der Waals surface area contributed by atoms with E-state index in [0.717, 1.165) is 12.2 Å². The van der Waals surface area contributed by atoms with Crippen LogP contribution in [0.1, 0.15) is 30.0 Å². The summed E-state index contributed by atoms with van der Waals surface area (Å²) >= 11 is 0. The molecule has 2 aromatic heterocycles. The van der Waals surface area contributed by atoms with Gasteiger partial charge in [-0.3, -0.25) is 0 Å². The first-order chi connectivity index (χ1) is 9.92. The maximum atomic E-state index is 12.1. The van der Waals surface area contributed by atoms with Crippen LogP contribution < -0.4 is 10.0 Å². The quantitative estimate of drug-likeness (QED) is 0.803. The molecule has 0 saturated heterocycles. The molecule has 116 valence electrons. The molecule has 0 atom stereocenters. The van der Waals surface area contributed by atoms with Crippen molar-refractivity contribution in [1.82, 2.24) is 15.0 Å². The molecule has 2 heterocycles. The second kappa shape index (κ2) is 6.42. The van der Waals surface area contributed by atoms with Crippen molar-refractivity contribution in [3.05, 3.63) is 35.2 Å². The molecular formula is C13H19N3O4S. The van der Waals surface area contributed by atoms with Crippen molar-refractivity contribution >= 4 is 10.0 Å². The third kappa shape index (κ3) is 3.93.